The molecular weight excluding hydrogens is 271 g/mol. The Hall–Kier alpha value is -2.40. The molecule has 0 aliphatic heterocycles. The Morgan fingerprint density at radius 3 is 2.62 bits per heavy atom. The van der Waals surface area contributed by atoms with Gasteiger partial charge in [0.25, 0.3) is 5.91 Å². The van der Waals surface area contributed by atoms with Gasteiger partial charge in [-0.25, -0.2) is 4.39 Å². The van der Waals surface area contributed by atoms with E-state index in [0.29, 0.717) is 11.3 Å². The second-order valence-electron chi connectivity index (χ2n) is 4.51. The second-order valence-corrected chi connectivity index (χ2v) is 4.51. The zero-order chi connectivity index (χ0) is 15.1. The molecule has 0 radical (unpaired) electrons. The summed E-state index contributed by atoms with van der Waals surface area (Å²) in [7, 11) is 0. The highest BCUT2D eigenvalue weighted by atomic mass is 19.1. The smallest absolute Gasteiger partial charge is 0.258 e. The topological polar surface area (TPSA) is 64.3 Å². The van der Waals surface area contributed by atoms with E-state index in [1.54, 1.807) is 24.3 Å². The summed E-state index contributed by atoms with van der Waals surface area (Å²) in [6.45, 7) is 0.300. The van der Waals surface area contributed by atoms with Crippen LogP contribution in [0.2, 0.25) is 0 Å². The Morgan fingerprint density at radius 1 is 1.19 bits per heavy atom. The molecule has 2 aromatic carbocycles. The van der Waals surface area contributed by atoms with E-state index in [9.17, 15) is 9.18 Å². The predicted molar refractivity (Wildman–Crippen MR) is 78.1 cm³/mol. The molecule has 1 amide bonds. The maximum Gasteiger partial charge on any atom is 0.258 e. The van der Waals surface area contributed by atoms with Crippen molar-refractivity contribution >= 4 is 5.91 Å². The number of para-hydroxylation sites is 1. The van der Waals surface area contributed by atoms with Gasteiger partial charge in [0.05, 0.1) is 0 Å². The Kier molecular flexibility index (Phi) is 5.29. The maximum absolute atomic E-state index is 13.7. The summed E-state index contributed by atoms with van der Waals surface area (Å²) < 4.78 is 19.0. The van der Waals surface area contributed by atoms with Gasteiger partial charge in [0.2, 0.25) is 0 Å². The number of nitrogens with two attached hydrogens (primary N) is 1. The number of ether oxygens (including phenoxy) is 1. The fourth-order valence-electron chi connectivity index (χ4n) is 1.77. The summed E-state index contributed by atoms with van der Waals surface area (Å²) in [4.78, 5) is 11.6. The summed E-state index contributed by atoms with van der Waals surface area (Å²) in [5, 5.41) is 2.61. The number of carbonyl (C=O) groups is 1. The lowest BCUT2D eigenvalue weighted by atomic mass is 10.1. The zero-order valence-electron chi connectivity index (χ0n) is 11.5. The van der Waals surface area contributed by atoms with Gasteiger partial charge in [-0.15, -0.1) is 0 Å². The molecule has 0 bridgehead atoms. The van der Waals surface area contributed by atoms with Crippen molar-refractivity contribution in [3.63, 3.8) is 0 Å². The van der Waals surface area contributed by atoms with E-state index in [-0.39, 0.29) is 31.4 Å². The fraction of sp³-hybridized carbons (Fsp3) is 0.188. The van der Waals surface area contributed by atoms with Crippen molar-refractivity contribution < 1.29 is 13.9 Å². The van der Waals surface area contributed by atoms with Gasteiger partial charge in [0.1, 0.15) is 11.6 Å². The third-order valence-electron chi connectivity index (χ3n) is 2.94. The molecule has 0 atom stereocenters. The maximum atomic E-state index is 13.7. The highest BCUT2D eigenvalue weighted by Gasteiger charge is 2.06. The molecule has 0 aromatic heterocycles. The van der Waals surface area contributed by atoms with E-state index < -0.39 is 0 Å². The van der Waals surface area contributed by atoms with Crippen LogP contribution in [0.3, 0.4) is 0 Å². The molecule has 0 spiro atoms. The predicted octanol–water partition coefficient (Wildman–Crippen LogP) is 1.98. The minimum absolute atomic E-state index is 0.105. The van der Waals surface area contributed by atoms with Crippen molar-refractivity contribution in [3.05, 3.63) is 65.5 Å². The van der Waals surface area contributed by atoms with Gasteiger partial charge in [-0.3, -0.25) is 4.79 Å². The molecule has 0 fully saturated rings. The molecule has 4 nitrogen and oxygen atoms in total. The number of rotatable bonds is 6. The molecule has 0 aliphatic carbocycles. The van der Waals surface area contributed by atoms with Crippen molar-refractivity contribution in [2.75, 3.05) is 6.61 Å². The van der Waals surface area contributed by atoms with Gasteiger partial charge in [0, 0.05) is 18.7 Å². The first-order chi connectivity index (χ1) is 10.2. The third-order valence-corrected chi connectivity index (χ3v) is 2.94. The lowest BCUT2D eigenvalue weighted by Gasteiger charge is -2.09. The number of hydrogen-bond acceptors (Lipinski definition) is 3. The third kappa shape index (κ3) is 4.57. The molecule has 2 aromatic rings. The van der Waals surface area contributed by atoms with Crippen molar-refractivity contribution in [2.24, 2.45) is 5.73 Å². The minimum atomic E-state index is -0.373. The summed E-state index contributed by atoms with van der Waals surface area (Å²) in [6.07, 6.45) is 0. The normalized spacial score (nSPS) is 10.2. The van der Waals surface area contributed by atoms with Gasteiger partial charge >= 0.3 is 0 Å². The standard InChI is InChI=1S/C16H17FN2O2/c17-15-8-12(9-18)6-7-13(15)10-19-16(20)11-21-14-4-2-1-3-5-14/h1-8H,9-11,18H2,(H,19,20). The Morgan fingerprint density at radius 2 is 1.95 bits per heavy atom. The van der Waals surface area contributed by atoms with E-state index in [1.807, 2.05) is 18.2 Å². The zero-order valence-corrected chi connectivity index (χ0v) is 11.5. The first kappa shape index (κ1) is 15.0. The summed E-state index contributed by atoms with van der Waals surface area (Å²) in [5.74, 6) is -0.0606. The van der Waals surface area contributed by atoms with Crippen LogP contribution >= 0.6 is 0 Å². The molecular formula is C16H17FN2O2. The highest BCUT2D eigenvalue weighted by Crippen LogP contribution is 2.10. The van der Waals surface area contributed by atoms with Crippen molar-refractivity contribution in [3.8, 4) is 5.75 Å². The van der Waals surface area contributed by atoms with Crippen LogP contribution in [0.5, 0.6) is 5.75 Å². The van der Waals surface area contributed by atoms with Crippen molar-refractivity contribution in [1.29, 1.82) is 0 Å². The largest absolute Gasteiger partial charge is 0.484 e. The minimum Gasteiger partial charge on any atom is -0.484 e. The van der Waals surface area contributed by atoms with Gasteiger partial charge in [-0.2, -0.15) is 0 Å². The van der Waals surface area contributed by atoms with E-state index in [1.165, 1.54) is 6.07 Å². The molecule has 2 rings (SSSR count). The van der Waals surface area contributed by atoms with Gasteiger partial charge in [-0.05, 0) is 23.8 Å². The Bertz CT molecular complexity index is 602. The van der Waals surface area contributed by atoms with E-state index in [4.69, 9.17) is 10.5 Å². The second kappa shape index (κ2) is 7.40. The summed E-state index contributed by atoms with van der Waals surface area (Å²) >= 11 is 0. The molecule has 110 valence electrons. The van der Waals surface area contributed by atoms with E-state index in [2.05, 4.69) is 5.32 Å². The van der Waals surface area contributed by atoms with Crippen LogP contribution in [-0.2, 0) is 17.9 Å². The molecule has 0 unspecified atom stereocenters. The number of nitrogens with one attached hydrogen (secondary N) is 1. The first-order valence-electron chi connectivity index (χ1n) is 6.61. The molecule has 0 saturated heterocycles. The van der Waals surface area contributed by atoms with Crippen LogP contribution in [0.1, 0.15) is 11.1 Å². The van der Waals surface area contributed by atoms with Gasteiger partial charge < -0.3 is 15.8 Å². The number of carbonyl (C=O) groups excluding carboxylic acids is 1. The average molecular weight is 288 g/mol. The lowest BCUT2D eigenvalue weighted by Crippen LogP contribution is -2.28. The van der Waals surface area contributed by atoms with Crippen LogP contribution in [-0.4, -0.2) is 12.5 Å². The van der Waals surface area contributed by atoms with Gasteiger partial charge in [-0.1, -0.05) is 30.3 Å². The first-order valence-corrected chi connectivity index (χ1v) is 6.61. The number of amides is 1. The number of benzene rings is 2. The van der Waals surface area contributed by atoms with Crippen molar-refractivity contribution in [2.45, 2.75) is 13.1 Å². The number of halogens is 1. The number of hydrogen-bond donors (Lipinski definition) is 2. The van der Waals surface area contributed by atoms with Crippen LogP contribution in [0.15, 0.2) is 48.5 Å². The molecule has 21 heavy (non-hydrogen) atoms. The molecule has 0 saturated carbocycles. The monoisotopic (exact) mass is 288 g/mol. The molecule has 3 N–H and O–H groups in total. The highest BCUT2D eigenvalue weighted by molar-refractivity contribution is 5.77. The fourth-order valence-corrected chi connectivity index (χ4v) is 1.77. The SMILES string of the molecule is NCc1ccc(CNC(=O)COc2ccccc2)c(F)c1. The lowest BCUT2D eigenvalue weighted by molar-refractivity contribution is -0.123. The van der Waals surface area contributed by atoms with Crippen LogP contribution in [0, 0.1) is 5.82 Å². The quantitative estimate of drug-likeness (QED) is 0.854. The van der Waals surface area contributed by atoms with E-state index in [0.717, 1.165) is 5.56 Å². The van der Waals surface area contributed by atoms with Crippen LogP contribution in [0.25, 0.3) is 0 Å². The van der Waals surface area contributed by atoms with Gasteiger partial charge in [0.15, 0.2) is 6.61 Å². The molecule has 5 heteroatoms. The van der Waals surface area contributed by atoms with E-state index >= 15 is 0 Å². The average Bonchev–Trinajstić information content (AvgIpc) is 2.52. The molecule has 0 aliphatic rings. The van der Waals surface area contributed by atoms with Crippen LogP contribution < -0.4 is 15.8 Å². The van der Waals surface area contributed by atoms with Crippen molar-refractivity contribution in [1.82, 2.24) is 5.32 Å². The Labute approximate surface area is 122 Å². The molecule has 0 heterocycles. The van der Waals surface area contributed by atoms with Crippen LogP contribution in [0.4, 0.5) is 4.39 Å². The summed E-state index contributed by atoms with van der Waals surface area (Å²) in [6, 6.07) is 13.8. The summed E-state index contributed by atoms with van der Waals surface area (Å²) in [5.41, 5.74) is 6.57. The Balaban J connectivity index is 1.81.